The first-order chi connectivity index (χ1) is 7.99. The van der Waals surface area contributed by atoms with Gasteiger partial charge in [0.05, 0.1) is 25.6 Å². The summed E-state index contributed by atoms with van der Waals surface area (Å²) in [7, 11) is 2.64. The second-order valence-electron chi connectivity index (χ2n) is 3.46. The Morgan fingerprint density at radius 3 is 2.65 bits per heavy atom. The molecule has 6 heteroatoms. The topological polar surface area (TPSA) is 73.6 Å². The lowest BCUT2D eigenvalue weighted by Gasteiger charge is -2.15. The predicted molar refractivity (Wildman–Crippen MR) is 62.5 cm³/mol. The van der Waals surface area contributed by atoms with Crippen LogP contribution < -0.4 is 15.8 Å². The lowest BCUT2D eigenvalue weighted by Crippen LogP contribution is -2.27. The van der Waals surface area contributed by atoms with E-state index in [1.165, 1.54) is 20.3 Å². The molecule has 0 aliphatic heterocycles. The van der Waals surface area contributed by atoms with Crippen LogP contribution in [0.5, 0.6) is 5.75 Å². The van der Waals surface area contributed by atoms with Crippen molar-refractivity contribution < 1.29 is 18.7 Å². The van der Waals surface area contributed by atoms with Gasteiger partial charge in [-0.3, -0.25) is 0 Å². The molecule has 3 N–H and O–H groups in total. The van der Waals surface area contributed by atoms with E-state index in [1.54, 1.807) is 6.92 Å². The Kier molecular flexibility index (Phi) is 4.14. The normalized spacial score (nSPS) is 11.8. The number of carbonyl (C=O) groups is 1. The largest absolute Gasteiger partial charge is 0.494 e. The minimum absolute atomic E-state index is 0.0544. The first-order valence-corrected chi connectivity index (χ1v) is 4.97. The maximum Gasteiger partial charge on any atom is 0.327 e. The summed E-state index contributed by atoms with van der Waals surface area (Å²) in [6.45, 7) is 1.61. The van der Waals surface area contributed by atoms with Gasteiger partial charge in [-0.1, -0.05) is 0 Å². The summed E-state index contributed by atoms with van der Waals surface area (Å²) in [5.74, 6) is -0.937. The van der Waals surface area contributed by atoms with Crippen molar-refractivity contribution in [3.05, 3.63) is 17.9 Å². The highest BCUT2D eigenvalue weighted by Gasteiger charge is 2.15. The molecular formula is C11H15FN2O3. The average Bonchev–Trinajstić information content (AvgIpc) is 2.31. The Balaban J connectivity index is 2.94. The molecule has 0 aliphatic carbocycles. The summed E-state index contributed by atoms with van der Waals surface area (Å²) in [5.41, 5.74) is 6.24. The Labute approximate surface area is 98.7 Å². The Morgan fingerprint density at radius 1 is 1.47 bits per heavy atom. The molecule has 0 saturated carbocycles. The molecule has 0 amide bonds. The third kappa shape index (κ3) is 2.99. The van der Waals surface area contributed by atoms with Gasteiger partial charge in [-0.25, -0.2) is 9.18 Å². The summed E-state index contributed by atoms with van der Waals surface area (Å²) < 4.78 is 22.6. The number of rotatable bonds is 4. The number of benzene rings is 1. The first-order valence-electron chi connectivity index (χ1n) is 4.97. The van der Waals surface area contributed by atoms with Crippen LogP contribution in [0.4, 0.5) is 15.8 Å². The van der Waals surface area contributed by atoms with E-state index in [1.807, 2.05) is 0 Å². The molecule has 1 aromatic rings. The smallest absolute Gasteiger partial charge is 0.327 e. The van der Waals surface area contributed by atoms with Crippen LogP contribution in [0.3, 0.4) is 0 Å². The van der Waals surface area contributed by atoms with E-state index in [-0.39, 0.29) is 11.4 Å². The molecule has 1 aromatic carbocycles. The lowest BCUT2D eigenvalue weighted by atomic mass is 10.2. The highest BCUT2D eigenvalue weighted by molar-refractivity contribution is 5.81. The minimum Gasteiger partial charge on any atom is -0.494 e. The second-order valence-corrected chi connectivity index (χ2v) is 3.46. The molecule has 0 heterocycles. The maximum absolute atomic E-state index is 13.3. The molecule has 94 valence electrons. The molecule has 0 aromatic heterocycles. The van der Waals surface area contributed by atoms with Gasteiger partial charge in [-0.2, -0.15) is 0 Å². The van der Waals surface area contributed by atoms with E-state index in [9.17, 15) is 9.18 Å². The van der Waals surface area contributed by atoms with Crippen molar-refractivity contribution in [3.8, 4) is 5.75 Å². The molecule has 0 aliphatic rings. The number of carbonyl (C=O) groups excluding carboxylic acids is 1. The maximum atomic E-state index is 13.3. The molecule has 1 rings (SSSR count). The van der Waals surface area contributed by atoms with Crippen molar-refractivity contribution >= 4 is 17.3 Å². The van der Waals surface area contributed by atoms with Crippen molar-refractivity contribution in [1.29, 1.82) is 0 Å². The number of halogens is 1. The van der Waals surface area contributed by atoms with Crippen LogP contribution in [0.15, 0.2) is 12.1 Å². The molecule has 17 heavy (non-hydrogen) atoms. The molecule has 0 fully saturated rings. The minimum atomic E-state index is -0.586. The Bertz CT molecular complexity index is 423. The van der Waals surface area contributed by atoms with Crippen LogP contribution in [0.1, 0.15) is 6.92 Å². The summed E-state index contributed by atoms with van der Waals surface area (Å²) in [6, 6.07) is 1.94. The summed E-state index contributed by atoms with van der Waals surface area (Å²) in [4.78, 5) is 11.2. The van der Waals surface area contributed by atoms with Crippen molar-refractivity contribution in [2.45, 2.75) is 13.0 Å². The zero-order valence-electron chi connectivity index (χ0n) is 9.91. The van der Waals surface area contributed by atoms with Crippen LogP contribution in [0, 0.1) is 5.82 Å². The third-order valence-electron chi connectivity index (χ3n) is 2.25. The number of hydrogen-bond donors (Lipinski definition) is 2. The summed E-state index contributed by atoms with van der Waals surface area (Å²) in [5, 5.41) is 2.82. The van der Waals surface area contributed by atoms with Gasteiger partial charge in [0.25, 0.3) is 0 Å². The van der Waals surface area contributed by atoms with Crippen molar-refractivity contribution in [1.82, 2.24) is 0 Å². The van der Waals surface area contributed by atoms with E-state index in [4.69, 9.17) is 10.5 Å². The van der Waals surface area contributed by atoms with Gasteiger partial charge in [0.15, 0.2) is 11.6 Å². The van der Waals surface area contributed by atoms with Crippen LogP contribution in [0.25, 0.3) is 0 Å². The molecule has 1 unspecified atom stereocenters. The number of methoxy groups -OCH3 is 2. The fourth-order valence-corrected chi connectivity index (χ4v) is 1.32. The van der Waals surface area contributed by atoms with Crippen LogP contribution in [-0.4, -0.2) is 26.2 Å². The summed E-state index contributed by atoms with van der Waals surface area (Å²) >= 11 is 0. The number of anilines is 2. The number of hydrogen-bond acceptors (Lipinski definition) is 5. The molecule has 0 spiro atoms. The first kappa shape index (κ1) is 13.1. The monoisotopic (exact) mass is 242 g/mol. The molecule has 0 radical (unpaired) electrons. The lowest BCUT2D eigenvalue weighted by molar-refractivity contribution is -0.141. The third-order valence-corrected chi connectivity index (χ3v) is 2.25. The van der Waals surface area contributed by atoms with E-state index >= 15 is 0 Å². The van der Waals surface area contributed by atoms with Gasteiger partial charge in [-0.05, 0) is 6.92 Å². The van der Waals surface area contributed by atoms with E-state index < -0.39 is 17.8 Å². The van der Waals surface area contributed by atoms with Gasteiger partial charge in [-0.15, -0.1) is 0 Å². The Hall–Kier alpha value is -1.98. The summed E-state index contributed by atoms with van der Waals surface area (Å²) in [6.07, 6.45) is 0. The number of nitrogens with one attached hydrogen (secondary N) is 1. The van der Waals surface area contributed by atoms with Gasteiger partial charge in [0.2, 0.25) is 0 Å². The van der Waals surface area contributed by atoms with Gasteiger partial charge in [0, 0.05) is 12.1 Å². The van der Waals surface area contributed by atoms with E-state index in [0.717, 1.165) is 6.07 Å². The van der Waals surface area contributed by atoms with Crippen molar-refractivity contribution in [3.63, 3.8) is 0 Å². The highest BCUT2D eigenvalue weighted by atomic mass is 19.1. The highest BCUT2D eigenvalue weighted by Crippen LogP contribution is 2.28. The molecule has 0 saturated heterocycles. The second kappa shape index (κ2) is 5.38. The van der Waals surface area contributed by atoms with Crippen LogP contribution in [0.2, 0.25) is 0 Å². The standard InChI is InChI=1S/C11H15FN2O3/c1-6(11(15)17-3)14-9-5-10(16-2)7(12)4-8(9)13/h4-6,14H,13H2,1-3H3. The fourth-order valence-electron chi connectivity index (χ4n) is 1.32. The van der Waals surface area contributed by atoms with Gasteiger partial charge >= 0.3 is 5.97 Å². The van der Waals surface area contributed by atoms with Gasteiger partial charge in [0.1, 0.15) is 6.04 Å². The quantitative estimate of drug-likeness (QED) is 0.616. The zero-order valence-corrected chi connectivity index (χ0v) is 9.91. The van der Waals surface area contributed by atoms with Gasteiger partial charge < -0.3 is 20.5 Å². The van der Waals surface area contributed by atoms with E-state index in [2.05, 4.69) is 10.1 Å². The number of nitrogen functional groups attached to an aromatic ring is 1. The molecule has 1 atom stereocenters. The number of ether oxygens (including phenoxy) is 2. The Morgan fingerprint density at radius 2 is 2.12 bits per heavy atom. The molecule has 0 bridgehead atoms. The van der Waals surface area contributed by atoms with Crippen molar-refractivity contribution in [2.24, 2.45) is 0 Å². The zero-order chi connectivity index (χ0) is 13.0. The fraction of sp³-hybridized carbons (Fsp3) is 0.364. The van der Waals surface area contributed by atoms with E-state index in [0.29, 0.717) is 5.69 Å². The van der Waals surface area contributed by atoms with Crippen molar-refractivity contribution in [2.75, 3.05) is 25.3 Å². The average molecular weight is 242 g/mol. The number of esters is 1. The molecular weight excluding hydrogens is 227 g/mol. The van der Waals surface area contributed by atoms with Crippen LogP contribution >= 0.6 is 0 Å². The predicted octanol–water partition coefficient (Wildman–Crippen LogP) is 1.39. The number of nitrogens with two attached hydrogens (primary N) is 1. The SMILES string of the molecule is COC(=O)C(C)Nc1cc(OC)c(F)cc1N. The van der Waals surface area contributed by atoms with Crippen LogP contribution in [-0.2, 0) is 9.53 Å². The molecule has 5 nitrogen and oxygen atoms in total.